The van der Waals surface area contributed by atoms with Gasteiger partial charge >= 0.3 is 0 Å². The third-order valence-electron chi connectivity index (χ3n) is 6.12. The van der Waals surface area contributed by atoms with Gasteiger partial charge in [-0.1, -0.05) is 29.3 Å². The molecule has 0 radical (unpaired) electrons. The Hall–Kier alpha value is -3.20. The lowest BCUT2D eigenvalue weighted by molar-refractivity contribution is -0.132. The molecule has 1 fully saturated rings. The van der Waals surface area contributed by atoms with Crippen molar-refractivity contribution < 1.29 is 4.79 Å². The van der Waals surface area contributed by atoms with E-state index in [9.17, 15) is 10.1 Å². The van der Waals surface area contributed by atoms with E-state index in [0.29, 0.717) is 24.1 Å². The van der Waals surface area contributed by atoms with Crippen molar-refractivity contribution in [1.29, 1.82) is 5.26 Å². The van der Waals surface area contributed by atoms with Gasteiger partial charge < -0.3 is 4.90 Å². The second-order valence-corrected chi connectivity index (χ2v) is 8.33. The summed E-state index contributed by atoms with van der Waals surface area (Å²) in [6, 6.07) is 8.89. The van der Waals surface area contributed by atoms with Crippen molar-refractivity contribution in [2.45, 2.75) is 59.4 Å². The number of rotatable bonds is 4. The van der Waals surface area contributed by atoms with E-state index in [-0.39, 0.29) is 11.9 Å². The largest absolute Gasteiger partial charge is 0.336 e. The number of carbonyl (C=O) groups is 1. The lowest BCUT2D eigenvalue weighted by atomic mass is 9.99. The monoisotopic (exact) mass is 401 g/mol. The number of hydrogen-bond acceptors (Lipinski definition) is 4. The average Bonchev–Trinajstić information content (AvgIpc) is 3.34. The molecule has 1 amide bonds. The molecule has 2 aromatic heterocycles. The molecule has 0 aliphatic carbocycles. The molecule has 30 heavy (non-hydrogen) atoms. The highest BCUT2D eigenvalue weighted by Crippen LogP contribution is 2.33. The Kier molecular flexibility index (Phi) is 5.29. The van der Waals surface area contributed by atoms with Crippen LogP contribution in [-0.4, -0.2) is 31.9 Å². The predicted molar refractivity (Wildman–Crippen MR) is 115 cm³/mol. The SMILES string of the molecule is Cc1cc(C)cc(C2CCCN2C(=O)CCc2c(C)nc3c(C#N)cnn3c2C)c1. The molecule has 4 rings (SSSR count). The van der Waals surface area contributed by atoms with Crippen LogP contribution in [0.2, 0.25) is 0 Å². The van der Waals surface area contributed by atoms with Crippen LogP contribution in [0.1, 0.15) is 64.5 Å². The quantitative estimate of drug-likeness (QED) is 0.659. The van der Waals surface area contributed by atoms with E-state index in [1.807, 2.05) is 18.7 Å². The second-order valence-electron chi connectivity index (χ2n) is 8.33. The average molecular weight is 402 g/mol. The topological polar surface area (TPSA) is 74.3 Å². The molecular formula is C24H27N5O. The normalized spacial score (nSPS) is 16.2. The van der Waals surface area contributed by atoms with Crippen LogP contribution < -0.4 is 0 Å². The first kappa shape index (κ1) is 20.1. The standard InChI is InChI=1S/C24H27N5O/c1-15-10-16(2)12-19(11-15)22-6-5-9-28(22)23(30)8-7-21-17(3)27-24-20(13-25)14-26-29(24)18(21)4/h10-12,14,22H,5-9H2,1-4H3. The highest BCUT2D eigenvalue weighted by atomic mass is 16.2. The van der Waals surface area contributed by atoms with Crippen LogP contribution >= 0.6 is 0 Å². The van der Waals surface area contributed by atoms with Gasteiger partial charge in [0.05, 0.1) is 12.2 Å². The van der Waals surface area contributed by atoms with E-state index in [2.05, 4.69) is 48.2 Å². The van der Waals surface area contributed by atoms with Crippen molar-refractivity contribution in [2.24, 2.45) is 0 Å². The molecule has 0 N–H and O–H groups in total. The number of carbonyl (C=O) groups excluding carboxylic acids is 1. The van der Waals surface area contributed by atoms with E-state index in [1.165, 1.54) is 16.7 Å². The minimum absolute atomic E-state index is 0.170. The van der Waals surface area contributed by atoms with Crippen LogP contribution in [0, 0.1) is 39.0 Å². The first-order valence-corrected chi connectivity index (χ1v) is 10.5. The molecule has 3 aromatic rings. The number of aryl methyl sites for hydroxylation is 4. The third-order valence-corrected chi connectivity index (χ3v) is 6.12. The number of hydrogen-bond donors (Lipinski definition) is 0. The lowest BCUT2D eigenvalue weighted by Gasteiger charge is -2.26. The number of likely N-dealkylation sites (tertiary alicyclic amines) is 1. The number of benzene rings is 1. The van der Waals surface area contributed by atoms with Crippen molar-refractivity contribution in [3.63, 3.8) is 0 Å². The maximum Gasteiger partial charge on any atom is 0.223 e. The van der Waals surface area contributed by atoms with Crippen molar-refractivity contribution in [3.05, 3.63) is 63.6 Å². The van der Waals surface area contributed by atoms with Gasteiger partial charge in [-0.15, -0.1) is 0 Å². The predicted octanol–water partition coefficient (Wildman–Crippen LogP) is 4.13. The molecule has 1 aliphatic heterocycles. The zero-order valence-electron chi connectivity index (χ0n) is 18.1. The zero-order valence-corrected chi connectivity index (χ0v) is 18.1. The van der Waals surface area contributed by atoms with Crippen LogP contribution in [-0.2, 0) is 11.2 Å². The number of aromatic nitrogens is 3. The van der Waals surface area contributed by atoms with Crippen molar-refractivity contribution in [1.82, 2.24) is 19.5 Å². The fraction of sp³-hybridized carbons (Fsp3) is 0.417. The molecule has 0 bridgehead atoms. The lowest BCUT2D eigenvalue weighted by Crippen LogP contribution is -2.31. The van der Waals surface area contributed by atoms with Gasteiger partial charge in [0, 0.05) is 24.4 Å². The Morgan fingerprint density at radius 2 is 1.93 bits per heavy atom. The van der Waals surface area contributed by atoms with Gasteiger partial charge in [0.15, 0.2) is 5.65 Å². The Balaban J connectivity index is 1.54. The van der Waals surface area contributed by atoms with E-state index in [4.69, 9.17) is 0 Å². The third kappa shape index (κ3) is 3.56. The summed E-state index contributed by atoms with van der Waals surface area (Å²) in [5.41, 5.74) is 7.61. The molecule has 1 atom stereocenters. The van der Waals surface area contributed by atoms with Gasteiger partial charge in [0.1, 0.15) is 11.6 Å². The molecule has 154 valence electrons. The fourth-order valence-electron chi connectivity index (χ4n) is 4.74. The summed E-state index contributed by atoms with van der Waals surface area (Å²) >= 11 is 0. The second kappa shape index (κ2) is 7.91. The highest BCUT2D eigenvalue weighted by molar-refractivity contribution is 5.77. The fourth-order valence-corrected chi connectivity index (χ4v) is 4.74. The maximum absolute atomic E-state index is 13.1. The van der Waals surface area contributed by atoms with E-state index < -0.39 is 0 Å². The Morgan fingerprint density at radius 1 is 1.20 bits per heavy atom. The van der Waals surface area contributed by atoms with Crippen molar-refractivity contribution in [2.75, 3.05) is 6.54 Å². The van der Waals surface area contributed by atoms with Crippen LogP contribution in [0.5, 0.6) is 0 Å². The van der Waals surface area contributed by atoms with E-state index in [1.54, 1.807) is 10.7 Å². The van der Waals surface area contributed by atoms with Gasteiger partial charge in [-0.3, -0.25) is 4.79 Å². The van der Waals surface area contributed by atoms with Gasteiger partial charge in [-0.25, -0.2) is 9.50 Å². The highest BCUT2D eigenvalue weighted by Gasteiger charge is 2.30. The first-order valence-electron chi connectivity index (χ1n) is 10.5. The van der Waals surface area contributed by atoms with E-state index in [0.717, 1.165) is 36.3 Å². The van der Waals surface area contributed by atoms with Crippen LogP contribution in [0.15, 0.2) is 24.4 Å². The summed E-state index contributed by atoms with van der Waals surface area (Å²) in [6.07, 6.45) is 4.67. The van der Waals surface area contributed by atoms with Crippen molar-refractivity contribution >= 4 is 11.6 Å². The number of nitriles is 1. The molecular weight excluding hydrogens is 374 g/mol. The van der Waals surface area contributed by atoms with Gasteiger partial charge in [-0.2, -0.15) is 10.4 Å². The van der Waals surface area contributed by atoms with Crippen LogP contribution in [0.3, 0.4) is 0 Å². The molecule has 1 aliphatic rings. The Labute approximate surface area is 177 Å². The summed E-state index contributed by atoms with van der Waals surface area (Å²) in [4.78, 5) is 19.8. The van der Waals surface area contributed by atoms with E-state index >= 15 is 0 Å². The molecule has 0 spiro atoms. The molecule has 0 saturated carbocycles. The van der Waals surface area contributed by atoms with Gasteiger partial charge in [-0.05, 0) is 58.1 Å². The zero-order chi connectivity index (χ0) is 21.4. The number of amides is 1. The summed E-state index contributed by atoms with van der Waals surface area (Å²) in [7, 11) is 0. The summed E-state index contributed by atoms with van der Waals surface area (Å²) in [5.74, 6) is 0.189. The maximum atomic E-state index is 13.1. The number of fused-ring (bicyclic) bond motifs is 1. The Morgan fingerprint density at radius 3 is 2.63 bits per heavy atom. The first-order chi connectivity index (χ1) is 14.4. The van der Waals surface area contributed by atoms with Gasteiger partial charge in [0.2, 0.25) is 5.91 Å². The summed E-state index contributed by atoms with van der Waals surface area (Å²) < 4.78 is 1.71. The molecule has 3 heterocycles. The molecule has 1 aromatic carbocycles. The van der Waals surface area contributed by atoms with Gasteiger partial charge in [0.25, 0.3) is 0 Å². The summed E-state index contributed by atoms with van der Waals surface area (Å²) in [5, 5.41) is 13.5. The van der Waals surface area contributed by atoms with Crippen LogP contribution in [0.4, 0.5) is 0 Å². The molecule has 6 heteroatoms. The van der Waals surface area contributed by atoms with Crippen molar-refractivity contribution in [3.8, 4) is 6.07 Å². The molecule has 1 saturated heterocycles. The number of nitrogens with zero attached hydrogens (tertiary/aromatic N) is 5. The smallest absolute Gasteiger partial charge is 0.223 e. The Bertz CT molecular complexity index is 1150. The minimum atomic E-state index is 0.170. The summed E-state index contributed by atoms with van der Waals surface area (Å²) in [6.45, 7) is 8.95. The minimum Gasteiger partial charge on any atom is -0.336 e. The van der Waals surface area contributed by atoms with Crippen LogP contribution in [0.25, 0.3) is 5.65 Å². The molecule has 6 nitrogen and oxygen atoms in total. The molecule has 1 unspecified atom stereocenters.